The van der Waals surface area contributed by atoms with Crippen LogP contribution in [0.4, 0.5) is 0 Å². The number of hydrogen-bond donors (Lipinski definition) is 0. The molecule has 2 unspecified atom stereocenters. The lowest BCUT2D eigenvalue weighted by atomic mass is 9.81. The summed E-state index contributed by atoms with van der Waals surface area (Å²) in [4.78, 5) is 0. The monoisotopic (exact) mass is 298 g/mol. The van der Waals surface area contributed by atoms with E-state index in [0.717, 1.165) is 29.9 Å². The molecule has 2 rings (SSSR count). The molecule has 1 aliphatic heterocycles. The molecule has 1 heterocycles. The minimum Gasteiger partial charge on any atom is -0.757 e. The lowest BCUT2D eigenvalue weighted by Crippen LogP contribution is -2.39. The van der Waals surface area contributed by atoms with Crippen LogP contribution in [0.5, 0.6) is 0 Å². The summed E-state index contributed by atoms with van der Waals surface area (Å²) < 4.78 is 0. The highest BCUT2D eigenvalue weighted by Crippen LogP contribution is 2.41. The summed E-state index contributed by atoms with van der Waals surface area (Å²) in [6, 6.07) is 9.82. The molecule has 104 valence electrons. The summed E-state index contributed by atoms with van der Waals surface area (Å²) in [6.07, 6.45) is 4.30. The van der Waals surface area contributed by atoms with Gasteiger partial charge >= 0.3 is 0 Å². The van der Waals surface area contributed by atoms with Gasteiger partial charge in [0, 0.05) is 5.88 Å². The fraction of sp³-hybridized carbons (Fsp3) is 0.467. The maximum absolute atomic E-state index is 12.5. The van der Waals surface area contributed by atoms with Gasteiger partial charge in [0.25, 0.3) is 0 Å². The van der Waals surface area contributed by atoms with Crippen LogP contribution in [0, 0.1) is 11.1 Å². The van der Waals surface area contributed by atoms with E-state index in [9.17, 15) is 5.21 Å². The fourth-order valence-electron chi connectivity index (χ4n) is 2.72. The molecule has 0 bridgehead atoms. The largest absolute Gasteiger partial charge is 0.757 e. The molecule has 0 radical (unpaired) electrons. The van der Waals surface area contributed by atoms with Crippen LogP contribution in [0.25, 0.3) is 0 Å². The normalized spacial score (nSPS) is 27.9. The molecule has 1 aromatic rings. The van der Waals surface area contributed by atoms with E-state index in [1.165, 1.54) is 0 Å². The van der Waals surface area contributed by atoms with E-state index in [-0.39, 0.29) is 5.16 Å². The van der Waals surface area contributed by atoms with Gasteiger partial charge in [-0.05, 0) is 43.7 Å². The summed E-state index contributed by atoms with van der Waals surface area (Å²) in [5.41, 5.74) is 0.375. The topological polar surface area (TPSA) is 26.3 Å². The molecule has 1 aromatic carbocycles. The van der Waals surface area contributed by atoms with E-state index < -0.39 is 5.54 Å². The number of hydrogen-bond acceptors (Lipinski definition) is 2. The van der Waals surface area contributed by atoms with Crippen LogP contribution in [0.2, 0.25) is 0 Å². The molecule has 0 aliphatic carbocycles. The average molecular weight is 299 g/mol. The Morgan fingerprint density at radius 3 is 2.68 bits per heavy atom. The summed E-state index contributed by atoms with van der Waals surface area (Å²) in [5, 5.41) is 13.7. The Kier molecular flexibility index (Phi) is 4.77. The van der Waals surface area contributed by atoms with Crippen molar-refractivity contribution in [1.29, 1.82) is 0 Å². The van der Waals surface area contributed by atoms with Crippen molar-refractivity contribution < 1.29 is 0 Å². The number of benzene rings is 1. The first kappa shape index (κ1) is 14.7. The van der Waals surface area contributed by atoms with Crippen LogP contribution < -0.4 is 0 Å². The number of alkyl halides is 1. The Morgan fingerprint density at radius 1 is 1.37 bits per heavy atom. The van der Waals surface area contributed by atoms with Crippen LogP contribution in [-0.4, -0.2) is 10.9 Å². The van der Waals surface area contributed by atoms with Gasteiger partial charge in [-0.25, -0.2) is 0 Å². The van der Waals surface area contributed by atoms with Crippen molar-refractivity contribution in [2.45, 2.75) is 31.7 Å². The average Bonchev–Trinajstić information content (AvgIpc) is 2.54. The molecule has 0 amide bonds. The van der Waals surface area contributed by atoms with E-state index in [1.54, 1.807) is 0 Å². The molecule has 4 heteroatoms. The maximum atomic E-state index is 12.5. The van der Waals surface area contributed by atoms with Crippen molar-refractivity contribution in [3.05, 3.63) is 52.3 Å². The number of hydroxylamine groups is 2. The minimum atomic E-state index is -0.623. The Bertz CT molecular complexity index is 449. The fourth-order valence-corrected chi connectivity index (χ4v) is 3.30. The first-order valence-electron chi connectivity index (χ1n) is 6.52. The van der Waals surface area contributed by atoms with Gasteiger partial charge in [0.1, 0.15) is 0 Å². The summed E-state index contributed by atoms with van der Waals surface area (Å²) in [5.74, 6) is 0.996. The van der Waals surface area contributed by atoms with Gasteiger partial charge in [-0.3, -0.25) is 0 Å². The first-order chi connectivity index (χ1) is 9.08. The molecule has 2 nitrogen and oxygen atoms in total. The molecular formula is C15H18Cl2NO-. The number of allylic oxidation sites excluding steroid dienone is 1. The zero-order valence-corrected chi connectivity index (χ0v) is 12.5. The van der Waals surface area contributed by atoms with Gasteiger partial charge < -0.3 is 10.3 Å². The SMILES string of the molecule is CC1(c2ccccc2)CC(CCCl)CC=C(Cl)N1[O-]. The molecule has 0 fully saturated rings. The van der Waals surface area contributed by atoms with Gasteiger partial charge in [-0.2, -0.15) is 0 Å². The standard InChI is InChI=1S/C15H18Cl2NO/c1-15(13-5-3-2-4-6-13)11-12(9-10-16)7-8-14(17)18(15)19/h2-6,8,12H,7,9-11H2,1H3/q-1. The third-order valence-electron chi connectivity index (χ3n) is 3.86. The highest BCUT2D eigenvalue weighted by Gasteiger charge is 2.33. The van der Waals surface area contributed by atoms with E-state index in [4.69, 9.17) is 23.2 Å². The smallest absolute Gasteiger partial charge is 0.0903 e. The second-order valence-corrected chi connectivity index (χ2v) is 6.01. The highest BCUT2D eigenvalue weighted by atomic mass is 35.5. The van der Waals surface area contributed by atoms with Crippen molar-refractivity contribution in [2.24, 2.45) is 5.92 Å². The third-order valence-corrected chi connectivity index (χ3v) is 4.39. The van der Waals surface area contributed by atoms with E-state index >= 15 is 0 Å². The molecule has 0 aromatic heterocycles. The van der Waals surface area contributed by atoms with Crippen LogP contribution in [0.3, 0.4) is 0 Å². The van der Waals surface area contributed by atoms with E-state index in [1.807, 2.05) is 43.3 Å². The maximum Gasteiger partial charge on any atom is 0.0903 e. The number of rotatable bonds is 3. The van der Waals surface area contributed by atoms with Crippen molar-refractivity contribution in [3.8, 4) is 0 Å². The van der Waals surface area contributed by atoms with Gasteiger partial charge in [-0.1, -0.05) is 41.9 Å². The minimum absolute atomic E-state index is 0.281. The highest BCUT2D eigenvalue weighted by molar-refractivity contribution is 6.29. The van der Waals surface area contributed by atoms with Crippen LogP contribution in [0.1, 0.15) is 31.7 Å². The molecule has 2 atom stereocenters. The van der Waals surface area contributed by atoms with Gasteiger partial charge in [0.15, 0.2) is 0 Å². The van der Waals surface area contributed by atoms with E-state index in [2.05, 4.69) is 0 Å². The van der Waals surface area contributed by atoms with Gasteiger partial charge in [0.2, 0.25) is 0 Å². The molecule has 0 saturated heterocycles. The second kappa shape index (κ2) is 6.17. The van der Waals surface area contributed by atoms with Gasteiger partial charge in [0.05, 0.1) is 10.7 Å². The Morgan fingerprint density at radius 2 is 2.05 bits per heavy atom. The third kappa shape index (κ3) is 3.07. The quantitative estimate of drug-likeness (QED) is 0.591. The zero-order valence-electron chi connectivity index (χ0n) is 11.0. The van der Waals surface area contributed by atoms with Crippen LogP contribution in [-0.2, 0) is 5.54 Å². The summed E-state index contributed by atoms with van der Waals surface area (Å²) in [6.45, 7) is 1.96. The summed E-state index contributed by atoms with van der Waals surface area (Å²) in [7, 11) is 0. The Labute approximate surface area is 124 Å². The Hall–Kier alpha value is -0.700. The lowest BCUT2D eigenvalue weighted by Gasteiger charge is -2.48. The van der Waals surface area contributed by atoms with Crippen molar-refractivity contribution in [1.82, 2.24) is 5.06 Å². The molecular weight excluding hydrogens is 281 g/mol. The van der Waals surface area contributed by atoms with Crippen molar-refractivity contribution >= 4 is 23.2 Å². The number of nitrogens with zero attached hydrogens (tertiary/aromatic N) is 1. The summed E-state index contributed by atoms with van der Waals surface area (Å²) >= 11 is 12.0. The van der Waals surface area contributed by atoms with Crippen LogP contribution in [0.15, 0.2) is 41.6 Å². The van der Waals surface area contributed by atoms with Crippen LogP contribution >= 0.6 is 23.2 Å². The molecule has 0 saturated carbocycles. The predicted octanol–water partition coefficient (Wildman–Crippen LogP) is 4.82. The molecule has 1 aliphatic rings. The Balaban J connectivity index is 2.37. The van der Waals surface area contributed by atoms with Crippen molar-refractivity contribution in [3.63, 3.8) is 0 Å². The first-order valence-corrected chi connectivity index (χ1v) is 7.43. The van der Waals surface area contributed by atoms with E-state index in [0.29, 0.717) is 11.8 Å². The number of halogens is 2. The zero-order chi connectivity index (χ0) is 13.9. The lowest BCUT2D eigenvalue weighted by molar-refractivity contribution is 0.182. The second-order valence-electron chi connectivity index (χ2n) is 5.24. The molecule has 19 heavy (non-hydrogen) atoms. The molecule has 0 N–H and O–H groups in total. The van der Waals surface area contributed by atoms with Crippen molar-refractivity contribution in [2.75, 3.05) is 5.88 Å². The van der Waals surface area contributed by atoms with Gasteiger partial charge in [-0.15, -0.1) is 11.6 Å². The predicted molar refractivity (Wildman–Crippen MR) is 81.0 cm³/mol. The molecule has 0 spiro atoms.